The van der Waals surface area contributed by atoms with Crippen LogP contribution < -0.4 is 5.32 Å². The second-order valence-corrected chi connectivity index (χ2v) is 9.37. The fourth-order valence-electron chi connectivity index (χ4n) is 3.50. The van der Waals surface area contributed by atoms with Crippen molar-refractivity contribution in [1.82, 2.24) is 24.4 Å². The number of rotatable bonds is 8. The molecule has 0 bridgehead atoms. The molecular formula is C20H27N5O3S2. The van der Waals surface area contributed by atoms with Gasteiger partial charge in [0.2, 0.25) is 15.9 Å². The van der Waals surface area contributed by atoms with Crippen LogP contribution in [0, 0.1) is 10.7 Å². The first kappa shape index (κ1) is 22.4. The van der Waals surface area contributed by atoms with Crippen LogP contribution in [0.3, 0.4) is 0 Å². The van der Waals surface area contributed by atoms with Crippen LogP contribution >= 0.6 is 12.2 Å². The van der Waals surface area contributed by atoms with Crippen LogP contribution in [0.15, 0.2) is 35.7 Å². The molecule has 0 saturated carbocycles. The van der Waals surface area contributed by atoms with Crippen molar-refractivity contribution in [2.24, 2.45) is 5.92 Å². The Morgan fingerprint density at radius 2 is 2.00 bits per heavy atom. The number of nitrogens with zero attached hydrogens (tertiary/aromatic N) is 3. The van der Waals surface area contributed by atoms with Crippen molar-refractivity contribution in [1.29, 1.82) is 0 Å². The number of aromatic amines is 1. The fraction of sp³-hybridized carbons (Fsp3) is 0.450. The molecule has 1 saturated heterocycles. The van der Waals surface area contributed by atoms with Gasteiger partial charge in [0, 0.05) is 43.9 Å². The molecule has 10 heteroatoms. The maximum absolute atomic E-state index is 12.5. The molecule has 2 aromatic rings. The van der Waals surface area contributed by atoms with Crippen LogP contribution in [0.4, 0.5) is 0 Å². The first-order chi connectivity index (χ1) is 14.4. The number of hydrogen-bond acceptors (Lipinski definition) is 5. The van der Waals surface area contributed by atoms with Crippen LogP contribution in [0.1, 0.15) is 31.2 Å². The zero-order valence-electron chi connectivity index (χ0n) is 17.0. The van der Waals surface area contributed by atoms with Crippen LogP contribution in [0.5, 0.6) is 0 Å². The third kappa shape index (κ3) is 5.65. The van der Waals surface area contributed by atoms with E-state index in [0.717, 1.165) is 17.9 Å². The summed E-state index contributed by atoms with van der Waals surface area (Å²) in [5, 5.41) is 11.1. The van der Waals surface area contributed by atoms with Crippen molar-refractivity contribution in [2.45, 2.75) is 32.7 Å². The Bertz CT molecular complexity index is 1040. The standard InChI is InChI=1S/C20H27N5O3S2/c1-2-25-18(22-23-20(25)29)8-12-21-19(26)17-9-13-24(14-10-17)30(27,28)15-11-16-6-4-3-5-7-16/h3-7,11,15,17H,2,8-10,12-14H2,1H3,(H,21,26)(H,23,29)/b15-11+. The quantitative estimate of drug-likeness (QED) is 0.603. The Labute approximate surface area is 182 Å². The monoisotopic (exact) mass is 449 g/mol. The van der Waals surface area contributed by atoms with Gasteiger partial charge in [0.05, 0.1) is 0 Å². The highest BCUT2D eigenvalue weighted by Crippen LogP contribution is 2.21. The molecular weight excluding hydrogens is 422 g/mol. The smallest absolute Gasteiger partial charge is 0.236 e. The summed E-state index contributed by atoms with van der Waals surface area (Å²) in [5.41, 5.74) is 0.833. The Hall–Kier alpha value is -2.30. The average molecular weight is 450 g/mol. The third-order valence-corrected chi connectivity index (χ3v) is 7.09. The molecule has 0 atom stereocenters. The molecule has 2 heterocycles. The molecule has 162 valence electrons. The number of carbonyl (C=O) groups excluding carboxylic acids is 1. The van der Waals surface area contributed by atoms with Gasteiger partial charge in [0.25, 0.3) is 0 Å². The van der Waals surface area contributed by atoms with Gasteiger partial charge in [-0.25, -0.2) is 8.42 Å². The molecule has 1 aromatic heterocycles. The SMILES string of the molecule is CCn1c(CCNC(=O)C2CCN(S(=O)(=O)/C=C/c3ccccc3)CC2)n[nH]c1=S. The van der Waals surface area contributed by atoms with E-state index in [0.29, 0.717) is 43.7 Å². The highest BCUT2D eigenvalue weighted by Gasteiger charge is 2.29. The molecule has 3 rings (SSSR count). The second-order valence-electron chi connectivity index (χ2n) is 7.16. The van der Waals surface area contributed by atoms with Crippen molar-refractivity contribution in [3.63, 3.8) is 0 Å². The predicted molar refractivity (Wildman–Crippen MR) is 118 cm³/mol. The number of piperidine rings is 1. The predicted octanol–water partition coefficient (Wildman–Crippen LogP) is 2.33. The van der Waals surface area contributed by atoms with Gasteiger partial charge in [-0.2, -0.15) is 9.40 Å². The van der Waals surface area contributed by atoms with E-state index in [-0.39, 0.29) is 11.8 Å². The van der Waals surface area contributed by atoms with Gasteiger partial charge >= 0.3 is 0 Å². The largest absolute Gasteiger partial charge is 0.355 e. The summed E-state index contributed by atoms with van der Waals surface area (Å²) < 4.78 is 29.0. The Kier molecular flexibility index (Phi) is 7.57. The lowest BCUT2D eigenvalue weighted by atomic mass is 9.97. The van der Waals surface area contributed by atoms with E-state index in [4.69, 9.17) is 12.2 Å². The molecule has 1 amide bonds. The summed E-state index contributed by atoms with van der Waals surface area (Å²) in [4.78, 5) is 12.5. The van der Waals surface area contributed by atoms with E-state index in [1.165, 1.54) is 9.71 Å². The molecule has 1 aliphatic heterocycles. The van der Waals surface area contributed by atoms with E-state index in [9.17, 15) is 13.2 Å². The van der Waals surface area contributed by atoms with Crippen LogP contribution in [0.25, 0.3) is 6.08 Å². The minimum absolute atomic E-state index is 0.0379. The van der Waals surface area contributed by atoms with Crippen LogP contribution in [0.2, 0.25) is 0 Å². The number of benzene rings is 1. The molecule has 8 nitrogen and oxygen atoms in total. The first-order valence-corrected chi connectivity index (χ1v) is 12.0. The Morgan fingerprint density at radius 3 is 2.67 bits per heavy atom. The molecule has 0 spiro atoms. The topological polar surface area (TPSA) is 100 Å². The average Bonchev–Trinajstić information content (AvgIpc) is 3.12. The van der Waals surface area contributed by atoms with Gasteiger partial charge in [0.15, 0.2) is 4.77 Å². The summed E-state index contributed by atoms with van der Waals surface area (Å²) >= 11 is 5.16. The van der Waals surface area contributed by atoms with Gasteiger partial charge in [-0.1, -0.05) is 30.3 Å². The van der Waals surface area contributed by atoms with Gasteiger partial charge in [0.1, 0.15) is 5.82 Å². The van der Waals surface area contributed by atoms with Gasteiger partial charge in [-0.05, 0) is 43.6 Å². The van der Waals surface area contributed by atoms with Crippen molar-refractivity contribution in [3.8, 4) is 0 Å². The summed E-state index contributed by atoms with van der Waals surface area (Å²) in [6.07, 6.45) is 3.21. The Morgan fingerprint density at radius 1 is 1.30 bits per heavy atom. The van der Waals surface area contributed by atoms with Gasteiger partial charge in [-0.3, -0.25) is 9.89 Å². The molecule has 0 radical (unpaired) electrons. The van der Waals surface area contributed by atoms with Crippen molar-refractivity contribution in [3.05, 3.63) is 51.9 Å². The number of sulfonamides is 1. The van der Waals surface area contributed by atoms with Crippen molar-refractivity contribution < 1.29 is 13.2 Å². The number of aromatic nitrogens is 3. The minimum Gasteiger partial charge on any atom is -0.355 e. The number of nitrogens with one attached hydrogen (secondary N) is 2. The Balaban J connectivity index is 1.46. The van der Waals surface area contributed by atoms with Gasteiger partial charge < -0.3 is 9.88 Å². The second kappa shape index (κ2) is 10.1. The van der Waals surface area contributed by atoms with Crippen LogP contribution in [-0.2, 0) is 27.8 Å². The highest BCUT2D eigenvalue weighted by molar-refractivity contribution is 7.92. The van der Waals surface area contributed by atoms with Crippen LogP contribution in [-0.4, -0.2) is 53.0 Å². The lowest BCUT2D eigenvalue weighted by molar-refractivity contribution is -0.126. The number of amides is 1. The first-order valence-electron chi connectivity index (χ1n) is 10.1. The summed E-state index contributed by atoms with van der Waals surface area (Å²) in [6.45, 7) is 3.87. The lowest BCUT2D eigenvalue weighted by Gasteiger charge is -2.29. The summed E-state index contributed by atoms with van der Waals surface area (Å²) in [7, 11) is -3.49. The zero-order chi connectivity index (χ0) is 21.6. The molecule has 0 unspecified atom stereocenters. The maximum Gasteiger partial charge on any atom is 0.236 e. The van der Waals surface area contributed by atoms with Crippen molar-refractivity contribution in [2.75, 3.05) is 19.6 Å². The molecule has 1 aromatic carbocycles. The lowest BCUT2D eigenvalue weighted by Crippen LogP contribution is -2.42. The van der Waals surface area contributed by atoms with Crippen molar-refractivity contribution >= 4 is 34.2 Å². The summed E-state index contributed by atoms with van der Waals surface area (Å²) in [5.74, 6) is 0.597. The fourth-order valence-corrected chi connectivity index (χ4v) is 5.00. The minimum atomic E-state index is -3.49. The molecule has 0 aliphatic carbocycles. The van der Waals surface area contributed by atoms with Gasteiger partial charge in [-0.15, -0.1) is 0 Å². The summed E-state index contributed by atoms with van der Waals surface area (Å²) in [6, 6.07) is 9.31. The highest BCUT2D eigenvalue weighted by atomic mass is 32.2. The van der Waals surface area contributed by atoms with E-state index >= 15 is 0 Å². The van der Waals surface area contributed by atoms with E-state index in [1.54, 1.807) is 6.08 Å². The molecule has 1 fully saturated rings. The number of hydrogen-bond donors (Lipinski definition) is 2. The van der Waals surface area contributed by atoms with E-state index in [2.05, 4.69) is 15.5 Å². The normalized spacial score (nSPS) is 16.2. The molecule has 30 heavy (non-hydrogen) atoms. The molecule has 2 N–H and O–H groups in total. The zero-order valence-corrected chi connectivity index (χ0v) is 18.6. The molecule has 1 aliphatic rings. The van der Waals surface area contributed by atoms with E-state index in [1.807, 2.05) is 41.8 Å². The number of carbonyl (C=O) groups is 1. The third-order valence-electron chi connectivity index (χ3n) is 5.22. The number of H-pyrrole nitrogens is 1. The van der Waals surface area contributed by atoms with E-state index < -0.39 is 10.0 Å². The maximum atomic E-state index is 12.5.